The summed E-state index contributed by atoms with van der Waals surface area (Å²) in [5.41, 5.74) is 6.61. The van der Waals surface area contributed by atoms with Gasteiger partial charge in [0.1, 0.15) is 17.4 Å². The summed E-state index contributed by atoms with van der Waals surface area (Å²) in [5, 5.41) is 30.2. The first-order valence-corrected chi connectivity index (χ1v) is 14.6. The van der Waals surface area contributed by atoms with Crippen LogP contribution in [-0.2, 0) is 9.53 Å². The number of aliphatic hydroxyl groups excluding tert-OH is 1. The van der Waals surface area contributed by atoms with Crippen molar-refractivity contribution in [1.29, 1.82) is 0 Å². The van der Waals surface area contributed by atoms with Crippen molar-refractivity contribution in [2.75, 3.05) is 5.73 Å². The molecule has 7 nitrogen and oxygen atoms in total. The number of benzene rings is 1. The van der Waals surface area contributed by atoms with Crippen LogP contribution in [0.15, 0.2) is 18.2 Å². The number of hydrogen-bond donors (Lipinski definition) is 4. The van der Waals surface area contributed by atoms with Crippen LogP contribution < -0.4 is 5.73 Å². The molecular weight excluding hydrogens is 482 g/mol. The molecule has 0 aliphatic heterocycles. The Morgan fingerprint density at radius 2 is 1.79 bits per heavy atom. The molecule has 4 saturated carbocycles. The van der Waals surface area contributed by atoms with E-state index in [0.29, 0.717) is 35.8 Å². The minimum Gasteiger partial charge on any atom is -0.507 e. The van der Waals surface area contributed by atoms with Gasteiger partial charge in [0.2, 0.25) is 0 Å². The molecule has 210 valence electrons. The van der Waals surface area contributed by atoms with E-state index in [4.69, 9.17) is 10.5 Å². The Morgan fingerprint density at radius 1 is 1.08 bits per heavy atom. The number of aromatic hydroxyl groups is 1. The van der Waals surface area contributed by atoms with E-state index in [2.05, 4.69) is 20.8 Å². The number of esters is 1. The van der Waals surface area contributed by atoms with Gasteiger partial charge in [0.15, 0.2) is 0 Å². The van der Waals surface area contributed by atoms with Crippen molar-refractivity contribution in [3.8, 4) is 5.75 Å². The summed E-state index contributed by atoms with van der Waals surface area (Å²) in [7, 11) is 0. The number of rotatable bonds is 6. The molecule has 4 aliphatic rings. The Morgan fingerprint density at radius 3 is 2.53 bits per heavy atom. The third-order valence-electron chi connectivity index (χ3n) is 11.7. The second-order valence-corrected chi connectivity index (χ2v) is 13.5. The average Bonchev–Trinajstić information content (AvgIpc) is 3.22. The van der Waals surface area contributed by atoms with E-state index in [1.807, 2.05) is 0 Å². The van der Waals surface area contributed by atoms with Crippen molar-refractivity contribution in [2.45, 2.75) is 97.2 Å². The summed E-state index contributed by atoms with van der Waals surface area (Å²) in [5.74, 6) is 0.710. The number of hydrogen-bond acceptors (Lipinski definition) is 6. The maximum atomic E-state index is 13.4. The summed E-state index contributed by atoms with van der Waals surface area (Å²) in [6.07, 6.45) is 7.95. The van der Waals surface area contributed by atoms with E-state index in [-0.39, 0.29) is 52.6 Å². The Labute approximate surface area is 226 Å². The molecule has 0 heterocycles. The van der Waals surface area contributed by atoms with Gasteiger partial charge in [-0.25, -0.2) is 4.79 Å². The molecule has 1 unspecified atom stereocenters. The summed E-state index contributed by atoms with van der Waals surface area (Å²) in [6.45, 7) is 7.03. The van der Waals surface area contributed by atoms with Crippen molar-refractivity contribution in [3.63, 3.8) is 0 Å². The summed E-state index contributed by atoms with van der Waals surface area (Å²) in [6, 6.07) is 4.48. The first-order chi connectivity index (χ1) is 17.9. The number of anilines is 1. The van der Waals surface area contributed by atoms with Crippen LogP contribution >= 0.6 is 0 Å². The number of phenolic OH excluding ortho intramolecular Hbond substituents is 1. The van der Waals surface area contributed by atoms with Gasteiger partial charge in [-0.05, 0) is 116 Å². The number of carbonyl (C=O) groups is 2. The number of ether oxygens (including phenoxy) is 1. The van der Waals surface area contributed by atoms with Crippen molar-refractivity contribution in [3.05, 3.63) is 23.8 Å². The zero-order valence-electron chi connectivity index (χ0n) is 23.1. The number of phenols is 1. The van der Waals surface area contributed by atoms with E-state index in [9.17, 15) is 24.9 Å². The number of aliphatic hydroxyl groups is 1. The second kappa shape index (κ2) is 10.0. The molecule has 0 spiro atoms. The Hall–Kier alpha value is -2.28. The number of fused-ring (bicyclic) bond motifs is 5. The summed E-state index contributed by atoms with van der Waals surface area (Å²) in [4.78, 5) is 24.7. The molecule has 5 rings (SSSR count). The fraction of sp³-hybridized carbons (Fsp3) is 0.742. The van der Waals surface area contributed by atoms with E-state index in [0.717, 1.165) is 51.4 Å². The Bertz CT molecular complexity index is 1070. The molecule has 0 bridgehead atoms. The fourth-order valence-corrected chi connectivity index (χ4v) is 9.74. The van der Waals surface area contributed by atoms with Crippen LogP contribution in [0.1, 0.15) is 95.3 Å². The summed E-state index contributed by atoms with van der Waals surface area (Å²) >= 11 is 0. The number of carboxylic acids is 1. The fourth-order valence-electron chi connectivity index (χ4n) is 9.74. The zero-order chi connectivity index (χ0) is 27.4. The van der Waals surface area contributed by atoms with Gasteiger partial charge in [0.05, 0.1) is 6.10 Å². The van der Waals surface area contributed by atoms with Crippen molar-refractivity contribution in [1.82, 2.24) is 0 Å². The molecule has 4 aliphatic carbocycles. The van der Waals surface area contributed by atoms with Crippen LogP contribution in [-0.4, -0.2) is 39.5 Å². The Kier molecular flexibility index (Phi) is 7.21. The lowest BCUT2D eigenvalue weighted by atomic mass is 9.43. The van der Waals surface area contributed by atoms with E-state index in [1.165, 1.54) is 12.1 Å². The van der Waals surface area contributed by atoms with Gasteiger partial charge in [-0.3, -0.25) is 4.79 Å². The molecular formula is C31H45NO6. The third-order valence-corrected chi connectivity index (χ3v) is 11.7. The molecule has 10 atom stereocenters. The predicted octanol–water partition coefficient (Wildman–Crippen LogP) is 5.63. The zero-order valence-corrected chi connectivity index (χ0v) is 23.1. The van der Waals surface area contributed by atoms with Crippen molar-refractivity contribution >= 4 is 17.6 Å². The number of carboxylic acid groups (broad SMARTS) is 1. The number of nitrogen functional groups attached to an aromatic ring is 1. The predicted molar refractivity (Wildman–Crippen MR) is 144 cm³/mol. The minimum absolute atomic E-state index is 0.0838. The third kappa shape index (κ3) is 4.59. The van der Waals surface area contributed by atoms with Crippen LogP contribution in [0.25, 0.3) is 0 Å². The second-order valence-electron chi connectivity index (χ2n) is 13.5. The molecule has 5 N–H and O–H groups in total. The topological polar surface area (TPSA) is 130 Å². The van der Waals surface area contributed by atoms with Gasteiger partial charge in [-0.15, -0.1) is 0 Å². The lowest BCUT2D eigenvalue weighted by molar-refractivity contribution is -0.175. The number of aliphatic carboxylic acids is 1. The highest BCUT2D eigenvalue weighted by molar-refractivity contribution is 5.93. The molecule has 7 heteroatoms. The van der Waals surface area contributed by atoms with Gasteiger partial charge in [0, 0.05) is 18.0 Å². The smallest absolute Gasteiger partial charge is 0.342 e. The van der Waals surface area contributed by atoms with Gasteiger partial charge in [-0.1, -0.05) is 20.8 Å². The lowest BCUT2D eigenvalue weighted by Gasteiger charge is -2.62. The van der Waals surface area contributed by atoms with Crippen LogP contribution in [0.2, 0.25) is 0 Å². The van der Waals surface area contributed by atoms with E-state index < -0.39 is 11.9 Å². The molecule has 1 aromatic carbocycles. The molecule has 0 aromatic heterocycles. The largest absolute Gasteiger partial charge is 0.507 e. The maximum Gasteiger partial charge on any atom is 0.342 e. The molecule has 0 saturated heterocycles. The lowest BCUT2D eigenvalue weighted by Crippen LogP contribution is -2.59. The van der Waals surface area contributed by atoms with Crippen LogP contribution in [0, 0.1) is 46.3 Å². The normalized spacial score (nSPS) is 40.9. The minimum atomic E-state index is -0.734. The molecule has 4 fully saturated rings. The molecule has 38 heavy (non-hydrogen) atoms. The van der Waals surface area contributed by atoms with Crippen molar-refractivity contribution < 1.29 is 29.6 Å². The first-order valence-electron chi connectivity index (χ1n) is 14.6. The Balaban J connectivity index is 1.46. The molecule has 1 aromatic rings. The number of carbonyl (C=O) groups excluding carboxylic acids is 1. The highest BCUT2D eigenvalue weighted by Gasteiger charge is 2.63. The van der Waals surface area contributed by atoms with E-state index >= 15 is 0 Å². The van der Waals surface area contributed by atoms with Gasteiger partial charge in [-0.2, -0.15) is 0 Å². The molecule has 0 radical (unpaired) electrons. The highest BCUT2D eigenvalue weighted by Crippen LogP contribution is 2.68. The van der Waals surface area contributed by atoms with Gasteiger partial charge >= 0.3 is 11.9 Å². The SMILES string of the molecule is C[C@H](CCC(=O)O)[C@H]1CC[C@H]2[C@@H]3[C@@H](OC(=O)c4cc(N)ccc4O)C[C@@H]4CC(O)CC[C@]4(C)[C@H]3CC[C@]12C. The van der Waals surface area contributed by atoms with E-state index in [1.54, 1.807) is 6.07 Å². The molecule has 0 amide bonds. The van der Waals surface area contributed by atoms with Crippen LogP contribution in [0.3, 0.4) is 0 Å². The van der Waals surface area contributed by atoms with Crippen molar-refractivity contribution in [2.24, 2.45) is 46.3 Å². The van der Waals surface area contributed by atoms with Gasteiger partial charge < -0.3 is 25.8 Å². The highest BCUT2D eigenvalue weighted by atomic mass is 16.5. The summed E-state index contributed by atoms with van der Waals surface area (Å²) < 4.78 is 6.33. The average molecular weight is 528 g/mol. The standard InChI is InChI=1S/C31H45NO6/c1-17(4-9-27(35)36)22-6-7-23-28-24(11-13-31(22,23)3)30(2)12-10-20(33)14-18(30)15-26(28)38-29(37)21-16-19(32)5-8-25(21)34/h5,8,16-18,20,22-24,26,28,33-34H,4,6-7,9-15,32H2,1-3H3,(H,35,36)/t17-,18+,20?,22-,23+,24+,26+,28+,30+,31-/m1/s1. The van der Waals surface area contributed by atoms with Crippen LogP contribution in [0.4, 0.5) is 5.69 Å². The van der Waals surface area contributed by atoms with Gasteiger partial charge in [0.25, 0.3) is 0 Å². The monoisotopic (exact) mass is 527 g/mol. The quantitative estimate of drug-likeness (QED) is 0.214. The maximum absolute atomic E-state index is 13.4. The number of nitrogens with two attached hydrogens (primary N) is 1. The van der Waals surface area contributed by atoms with Crippen LogP contribution in [0.5, 0.6) is 5.75 Å². The first kappa shape index (κ1) is 27.3.